The summed E-state index contributed by atoms with van der Waals surface area (Å²) in [6, 6.07) is 11.1. The van der Waals surface area contributed by atoms with Crippen LogP contribution in [0.3, 0.4) is 0 Å². The van der Waals surface area contributed by atoms with Gasteiger partial charge in [-0.05, 0) is 63.9 Å². The van der Waals surface area contributed by atoms with Gasteiger partial charge in [0.25, 0.3) is 5.91 Å². The Balaban J connectivity index is 1.37. The van der Waals surface area contributed by atoms with Gasteiger partial charge in [0, 0.05) is 38.0 Å². The number of carbonyl (C=O) groups is 4. The van der Waals surface area contributed by atoms with Crippen LogP contribution in [0.15, 0.2) is 47.0 Å². The van der Waals surface area contributed by atoms with E-state index in [2.05, 4.69) is 21.1 Å². The van der Waals surface area contributed by atoms with Crippen molar-refractivity contribution in [1.29, 1.82) is 0 Å². The van der Waals surface area contributed by atoms with E-state index in [1.807, 2.05) is 6.92 Å². The molecule has 3 aromatic rings. The normalized spacial score (nSPS) is 16.4. The van der Waals surface area contributed by atoms with Crippen molar-refractivity contribution in [2.24, 2.45) is 5.92 Å². The maximum Gasteiger partial charge on any atom is 0.321 e. The highest BCUT2D eigenvalue weighted by Crippen LogP contribution is 2.31. The molecule has 6 N–H and O–H groups in total. The number of nitrogens with zero attached hydrogens (tertiary/aromatic N) is 3. The first-order valence-corrected chi connectivity index (χ1v) is 16.5. The van der Waals surface area contributed by atoms with E-state index >= 15 is 0 Å². The number of aliphatic hydroxyl groups is 1. The highest BCUT2D eigenvalue weighted by atomic mass is 16.5. The summed E-state index contributed by atoms with van der Waals surface area (Å²) in [6.45, 7) is 7.38. The number of aromatic nitrogens is 1. The van der Waals surface area contributed by atoms with Crippen molar-refractivity contribution in [1.82, 2.24) is 15.0 Å². The van der Waals surface area contributed by atoms with E-state index in [9.17, 15) is 24.3 Å². The predicted octanol–water partition coefficient (Wildman–Crippen LogP) is 4.79. The summed E-state index contributed by atoms with van der Waals surface area (Å²) >= 11 is 0. The van der Waals surface area contributed by atoms with Crippen LogP contribution in [0.2, 0.25) is 0 Å². The Morgan fingerprint density at radius 2 is 1.76 bits per heavy atom. The van der Waals surface area contributed by atoms with Crippen LogP contribution in [-0.4, -0.2) is 82.7 Å². The quantitative estimate of drug-likeness (QED) is 0.125. The second-order valence-corrected chi connectivity index (χ2v) is 12.6. The number of nitrogens with two attached hydrogens (primary N) is 1. The second-order valence-electron chi connectivity index (χ2n) is 12.6. The fourth-order valence-corrected chi connectivity index (χ4v) is 5.53. The van der Waals surface area contributed by atoms with Gasteiger partial charge >= 0.3 is 6.03 Å². The van der Waals surface area contributed by atoms with Crippen LogP contribution in [-0.2, 0) is 9.59 Å². The molecule has 4 rings (SSSR count). The van der Waals surface area contributed by atoms with Gasteiger partial charge in [0.2, 0.25) is 11.8 Å². The third kappa shape index (κ3) is 9.72. The number of likely N-dealkylation sites (N-methyl/N-ethyl adjacent to an activating group) is 1. The van der Waals surface area contributed by atoms with E-state index in [0.29, 0.717) is 65.6 Å². The van der Waals surface area contributed by atoms with E-state index in [-0.39, 0.29) is 61.4 Å². The molecule has 14 heteroatoms. The van der Waals surface area contributed by atoms with E-state index in [4.69, 9.17) is 15.0 Å². The number of carbonyl (C=O) groups excluding carboxylic acids is 4. The van der Waals surface area contributed by atoms with Crippen LogP contribution < -0.4 is 26.4 Å². The number of aryl methyl sites for hydroxylation is 2. The van der Waals surface area contributed by atoms with Crippen molar-refractivity contribution >= 4 is 46.5 Å². The van der Waals surface area contributed by atoms with Crippen LogP contribution in [0.5, 0.6) is 5.75 Å². The van der Waals surface area contributed by atoms with E-state index < -0.39 is 12.1 Å². The molecular weight excluding hydrogens is 630 g/mol. The Hall–Kier alpha value is -5.11. The molecule has 0 spiro atoms. The molecule has 3 atom stereocenters. The number of urea groups is 1. The topological polar surface area (TPSA) is 192 Å². The number of rotatable bonds is 13. The Kier molecular flexibility index (Phi) is 12.6. The fourth-order valence-electron chi connectivity index (χ4n) is 5.53. The summed E-state index contributed by atoms with van der Waals surface area (Å²) in [5.41, 5.74) is 8.70. The zero-order valence-electron chi connectivity index (χ0n) is 28.7. The lowest BCUT2D eigenvalue weighted by atomic mass is 9.99. The summed E-state index contributed by atoms with van der Waals surface area (Å²) in [6.07, 6.45) is 1.93. The van der Waals surface area contributed by atoms with Crippen LogP contribution in [0.25, 0.3) is 0 Å². The molecule has 0 saturated carbocycles. The van der Waals surface area contributed by atoms with Gasteiger partial charge in [0.05, 0.1) is 36.1 Å². The monoisotopic (exact) mass is 677 g/mol. The maximum atomic E-state index is 13.8. The van der Waals surface area contributed by atoms with Crippen LogP contribution in [0.4, 0.5) is 27.5 Å². The maximum absolute atomic E-state index is 13.8. The zero-order valence-corrected chi connectivity index (χ0v) is 28.7. The number of aliphatic hydroxyl groups excluding tert-OH is 1. The Bertz CT molecular complexity index is 1620. The summed E-state index contributed by atoms with van der Waals surface area (Å²) in [4.78, 5) is 55.0. The first-order valence-electron chi connectivity index (χ1n) is 16.5. The number of hydrogen-bond donors (Lipinski definition) is 5. The lowest BCUT2D eigenvalue weighted by Gasteiger charge is -2.38. The molecule has 0 aliphatic carbocycles. The van der Waals surface area contributed by atoms with E-state index in [1.54, 1.807) is 75.2 Å². The zero-order chi connectivity index (χ0) is 35.7. The number of fused-ring (bicyclic) bond motifs is 1. The van der Waals surface area contributed by atoms with E-state index in [0.717, 1.165) is 0 Å². The molecule has 0 fully saturated rings. The van der Waals surface area contributed by atoms with Crippen molar-refractivity contribution < 1.29 is 33.5 Å². The summed E-state index contributed by atoms with van der Waals surface area (Å²) in [7, 11) is 1.65. The summed E-state index contributed by atoms with van der Waals surface area (Å²) in [5.74, 6) is -0.0967. The van der Waals surface area contributed by atoms with Crippen LogP contribution in [0.1, 0.15) is 67.8 Å². The first kappa shape index (κ1) is 36.7. The average molecular weight is 678 g/mol. The molecule has 0 unspecified atom stereocenters. The minimum absolute atomic E-state index is 0.136. The number of unbranched alkanes of at least 4 members (excludes halogenated alkanes) is 2. The largest absolute Gasteiger partial charge is 0.487 e. The van der Waals surface area contributed by atoms with E-state index in [1.165, 1.54) is 4.90 Å². The smallest absolute Gasteiger partial charge is 0.321 e. The molecular formula is C35H47N7O7. The van der Waals surface area contributed by atoms with Gasteiger partial charge in [-0.3, -0.25) is 14.4 Å². The lowest BCUT2D eigenvalue weighted by Crippen LogP contribution is -2.50. The van der Waals surface area contributed by atoms with Gasteiger partial charge < -0.3 is 45.9 Å². The fraction of sp³-hybridized carbons (Fsp3) is 0.457. The standard InChI is InChI=1S/C35H47N7O7/c1-21-18-42(22(2)20-43)34(46)26-17-25(37-31(44)13-7-6-8-14-32(45)38-28-12-10-9-11-27(28)36)15-16-29(26)48-30(21)19-41(5)35(47)39-33-23(3)40-49-24(33)4/h9-12,15-17,21-22,30,43H,6-8,13-14,18-20,36H2,1-5H3,(H,37,44)(H,38,45)(H,39,47)/t21-,22+,30-/m0/s1. The number of para-hydroxylation sites is 2. The lowest BCUT2D eigenvalue weighted by molar-refractivity contribution is -0.116. The van der Waals surface area contributed by atoms with Crippen molar-refractivity contribution in [2.45, 2.75) is 71.9 Å². The minimum Gasteiger partial charge on any atom is -0.487 e. The van der Waals surface area contributed by atoms with Crippen molar-refractivity contribution in [3.05, 3.63) is 59.5 Å². The number of benzene rings is 2. The van der Waals surface area contributed by atoms with Gasteiger partial charge in [-0.15, -0.1) is 0 Å². The molecule has 1 aromatic heterocycles. The Labute approximate surface area is 286 Å². The SMILES string of the molecule is Cc1noc(C)c1NC(=O)N(C)C[C@@H]1Oc2ccc(NC(=O)CCCCCC(=O)Nc3ccccc3N)cc2C(=O)N([C@H](C)CO)C[C@@H]1C. The highest BCUT2D eigenvalue weighted by Gasteiger charge is 2.34. The highest BCUT2D eigenvalue weighted by molar-refractivity contribution is 6.00. The minimum atomic E-state index is -0.506. The van der Waals surface area contributed by atoms with Crippen LogP contribution >= 0.6 is 0 Å². The Morgan fingerprint density at radius 1 is 1.06 bits per heavy atom. The molecule has 2 aromatic carbocycles. The molecule has 2 heterocycles. The van der Waals surface area contributed by atoms with Gasteiger partial charge in [-0.1, -0.05) is 30.6 Å². The first-order chi connectivity index (χ1) is 23.4. The van der Waals surface area contributed by atoms with Crippen molar-refractivity contribution in [3.8, 4) is 5.75 Å². The number of amides is 5. The van der Waals surface area contributed by atoms with Gasteiger partial charge in [0.15, 0.2) is 5.76 Å². The predicted molar refractivity (Wildman–Crippen MR) is 186 cm³/mol. The van der Waals surface area contributed by atoms with Crippen LogP contribution in [0, 0.1) is 19.8 Å². The summed E-state index contributed by atoms with van der Waals surface area (Å²) < 4.78 is 11.5. The average Bonchev–Trinajstić information content (AvgIpc) is 3.39. The van der Waals surface area contributed by atoms with Gasteiger partial charge in [-0.25, -0.2) is 4.79 Å². The molecule has 0 radical (unpaired) electrons. The summed E-state index contributed by atoms with van der Waals surface area (Å²) in [5, 5.41) is 22.3. The Morgan fingerprint density at radius 3 is 2.41 bits per heavy atom. The molecule has 1 aliphatic rings. The number of nitrogens with one attached hydrogen (secondary N) is 3. The van der Waals surface area contributed by atoms with Crippen molar-refractivity contribution in [3.63, 3.8) is 0 Å². The molecule has 49 heavy (non-hydrogen) atoms. The second kappa shape index (κ2) is 16.8. The molecule has 14 nitrogen and oxygen atoms in total. The molecule has 1 aliphatic heterocycles. The van der Waals surface area contributed by atoms with Gasteiger partial charge in [0.1, 0.15) is 23.2 Å². The number of ether oxygens (including phenoxy) is 1. The van der Waals surface area contributed by atoms with Crippen molar-refractivity contribution in [2.75, 3.05) is 48.4 Å². The van der Waals surface area contributed by atoms with Gasteiger partial charge in [-0.2, -0.15) is 0 Å². The number of hydrogen-bond acceptors (Lipinski definition) is 9. The third-order valence-corrected chi connectivity index (χ3v) is 8.56. The number of anilines is 4. The molecule has 5 amide bonds. The molecule has 0 saturated heterocycles. The molecule has 0 bridgehead atoms. The number of nitrogen functional groups attached to an aromatic ring is 1. The third-order valence-electron chi connectivity index (χ3n) is 8.56. The molecule has 264 valence electrons.